The van der Waals surface area contributed by atoms with E-state index in [0.29, 0.717) is 21.4 Å². The van der Waals surface area contributed by atoms with Crippen molar-refractivity contribution in [2.45, 2.75) is 62.3 Å². The number of hydrogen-bond acceptors (Lipinski definition) is 5. The first kappa shape index (κ1) is 37.7. The molecule has 186 valence electrons. The van der Waals surface area contributed by atoms with E-state index in [0.717, 1.165) is 5.52 Å². The summed E-state index contributed by atoms with van der Waals surface area (Å²) in [6.45, 7) is 17.5. The predicted molar refractivity (Wildman–Crippen MR) is 155 cm³/mol. The Morgan fingerprint density at radius 2 is 1.30 bits per heavy atom. The lowest BCUT2D eigenvalue weighted by atomic mass is 10.1. The number of nitrogen functional groups attached to an aromatic ring is 1. The van der Waals surface area contributed by atoms with Crippen LogP contribution >= 0.6 is 24.4 Å². The van der Waals surface area contributed by atoms with Crippen molar-refractivity contribution >= 4 is 52.7 Å². The molecule has 0 unspecified atom stereocenters. The number of hydrogen-bond donors (Lipinski definition) is 2. The number of fused-ring (bicyclic) bond motifs is 1. The summed E-state index contributed by atoms with van der Waals surface area (Å²) in [5, 5.41) is 0.665. The first-order chi connectivity index (χ1) is 15.9. The summed E-state index contributed by atoms with van der Waals surface area (Å²) in [5.74, 6) is 2.85. The van der Waals surface area contributed by atoms with E-state index in [2.05, 4.69) is 23.1 Å². The lowest BCUT2D eigenvalue weighted by Gasteiger charge is -2.00. The molecule has 3 N–H and O–H groups in total. The van der Waals surface area contributed by atoms with E-state index in [1.54, 1.807) is 31.3 Å². The number of anilines is 1. The SMILES string of the molecule is C=S.CC.CC.CC.CC.CC(=O)c1ccccc1N.Cn1c(=S)[nH]c2ccccc2c1=O. The molecule has 0 saturated heterocycles. The Bertz CT molecular complexity index is 996. The standard InChI is InChI=1S/C9H8N2OS.C8H9NO.4C2H6.CH2S/c1-11-8(12)6-4-2-3-5-7(6)10-9(11)13;1-6(10)7-4-2-3-5-8(7)9;5*1-2/h2-5H,1H3,(H,10,13);2-5H,9H2,1H3;4*1-2H3;1H2. The van der Waals surface area contributed by atoms with Crippen LogP contribution in [0.2, 0.25) is 0 Å². The Morgan fingerprint density at radius 1 is 0.879 bits per heavy atom. The fraction of sp³-hybridized carbons (Fsp3) is 0.385. The van der Waals surface area contributed by atoms with Crippen LogP contribution in [0.4, 0.5) is 5.69 Å². The van der Waals surface area contributed by atoms with Gasteiger partial charge in [0.15, 0.2) is 10.6 Å². The molecule has 0 amide bonds. The number of nitrogens with one attached hydrogen (secondary N) is 1. The fourth-order valence-corrected chi connectivity index (χ4v) is 2.26. The molecule has 0 aliphatic rings. The molecule has 5 nitrogen and oxygen atoms in total. The summed E-state index contributed by atoms with van der Waals surface area (Å²) in [5.41, 5.74) is 7.38. The third kappa shape index (κ3) is 14.2. The lowest BCUT2D eigenvalue weighted by molar-refractivity contribution is 0.101. The van der Waals surface area contributed by atoms with Crippen LogP contribution in [-0.4, -0.2) is 21.2 Å². The van der Waals surface area contributed by atoms with E-state index in [1.165, 1.54) is 11.5 Å². The van der Waals surface area contributed by atoms with Crippen LogP contribution in [0, 0.1) is 4.77 Å². The zero-order chi connectivity index (χ0) is 27.0. The van der Waals surface area contributed by atoms with Gasteiger partial charge in [-0.25, -0.2) is 0 Å². The minimum Gasteiger partial charge on any atom is -0.398 e. The van der Waals surface area contributed by atoms with Crippen molar-refractivity contribution in [3.8, 4) is 0 Å². The van der Waals surface area contributed by atoms with Gasteiger partial charge in [0.2, 0.25) is 0 Å². The van der Waals surface area contributed by atoms with Crippen molar-refractivity contribution < 1.29 is 4.79 Å². The van der Waals surface area contributed by atoms with E-state index in [-0.39, 0.29) is 11.3 Å². The Hall–Kier alpha value is -2.64. The number of ketones is 1. The zero-order valence-corrected chi connectivity index (χ0v) is 23.6. The van der Waals surface area contributed by atoms with Crippen molar-refractivity contribution in [2.75, 3.05) is 5.73 Å². The van der Waals surface area contributed by atoms with Gasteiger partial charge in [-0.1, -0.05) is 91.9 Å². The second-order valence-electron chi connectivity index (χ2n) is 4.98. The molecule has 0 saturated carbocycles. The molecule has 0 atom stereocenters. The summed E-state index contributed by atoms with van der Waals surface area (Å²) < 4.78 is 1.88. The Labute approximate surface area is 211 Å². The molecule has 1 heterocycles. The normalized spacial score (nSPS) is 7.82. The van der Waals surface area contributed by atoms with Gasteiger partial charge in [-0.2, -0.15) is 0 Å². The van der Waals surface area contributed by atoms with Crippen LogP contribution in [0.15, 0.2) is 53.3 Å². The molecule has 33 heavy (non-hydrogen) atoms. The van der Waals surface area contributed by atoms with E-state index in [4.69, 9.17) is 18.0 Å². The minimum atomic E-state index is -0.0562. The van der Waals surface area contributed by atoms with Crippen LogP contribution in [0.3, 0.4) is 0 Å². The van der Waals surface area contributed by atoms with Crippen molar-refractivity contribution in [3.63, 3.8) is 0 Å². The average molecular weight is 494 g/mol. The Kier molecular flexibility index (Phi) is 29.2. The summed E-state index contributed by atoms with van der Waals surface area (Å²) in [6.07, 6.45) is 0. The molecule has 3 rings (SSSR count). The van der Waals surface area contributed by atoms with Crippen molar-refractivity contribution in [1.29, 1.82) is 0 Å². The molecule has 0 aliphatic carbocycles. The highest BCUT2D eigenvalue weighted by atomic mass is 32.1. The van der Waals surface area contributed by atoms with Gasteiger partial charge in [-0.15, -0.1) is 0 Å². The monoisotopic (exact) mass is 493 g/mol. The first-order valence-electron chi connectivity index (χ1n) is 11.2. The molecule has 2 aromatic carbocycles. The first-order valence-corrected chi connectivity index (χ1v) is 12.2. The maximum Gasteiger partial charge on any atom is 0.261 e. The number of nitrogens with zero attached hydrogens (tertiary/aromatic N) is 1. The number of carbonyl (C=O) groups excluding carboxylic acids is 1. The maximum absolute atomic E-state index is 11.6. The molecule has 7 heteroatoms. The summed E-state index contributed by atoms with van der Waals surface area (Å²) >= 11 is 8.81. The number of aromatic nitrogens is 2. The van der Waals surface area contributed by atoms with Gasteiger partial charge in [0.05, 0.1) is 10.9 Å². The minimum absolute atomic E-state index is 0.0121. The molecule has 0 bridgehead atoms. The third-order valence-electron chi connectivity index (χ3n) is 3.35. The van der Waals surface area contributed by atoms with Crippen molar-refractivity contribution in [2.24, 2.45) is 7.05 Å². The van der Waals surface area contributed by atoms with Crippen molar-refractivity contribution in [1.82, 2.24) is 9.55 Å². The molecule has 1 aromatic heterocycles. The van der Waals surface area contributed by atoms with E-state index >= 15 is 0 Å². The Balaban J connectivity index is -0.000000188. The number of Topliss-reactive ketones (excluding diaryl/α,β-unsaturated/α-hetero) is 1. The molecule has 0 radical (unpaired) electrons. The quantitative estimate of drug-likeness (QED) is 0.205. The molecule has 0 spiro atoms. The summed E-state index contributed by atoms with van der Waals surface area (Å²) in [7, 11) is 1.66. The maximum atomic E-state index is 11.6. The number of para-hydroxylation sites is 2. The highest BCUT2D eigenvalue weighted by Gasteiger charge is 2.01. The van der Waals surface area contributed by atoms with Gasteiger partial charge < -0.3 is 10.7 Å². The van der Waals surface area contributed by atoms with E-state index in [9.17, 15) is 9.59 Å². The van der Waals surface area contributed by atoms with Crippen LogP contribution in [0.1, 0.15) is 72.7 Å². The van der Waals surface area contributed by atoms with E-state index in [1.807, 2.05) is 79.7 Å². The largest absolute Gasteiger partial charge is 0.398 e. The fourth-order valence-electron chi connectivity index (χ4n) is 2.07. The highest BCUT2D eigenvalue weighted by Crippen LogP contribution is 2.10. The van der Waals surface area contributed by atoms with Crippen LogP contribution in [0.5, 0.6) is 0 Å². The lowest BCUT2D eigenvalue weighted by Crippen LogP contribution is -2.18. The van der Waals surface area contributed by atoms with Crippen LogP contribution in [0.25, 0.3) is 10.9 Å². The van der Waals surface area contributed by atoms with Crippen LogP contribution < -0.4 is 11.3 Å². The average Bonchev–Trinajstić information content (AvgIpc) is 2.89. The number of aromatic amines is 1. The third-order valence-corrected chi connectivity index (χ3v) is 3.72. The molecule has 3 aromatic rings. The van der Waals surface area contributed by atoms with Gasteiger partial charge in [-0.05, 0) is 49.3 Å². The highest BCUT2D eigenvalue weighted by molar-refractivity contribution is 7.77. The molecular formula is C26H43N3O2S2. The Morgan fingerprint density at radius 3 is 1.73 bits per heavy atom. The van der Waals surface area contributed by atoms with Gasteiger partial charge in [0, 0.05) is 18.3 Å². The molecule has 0 aliphatic heterocycles. The number of H-pyrrole nitrogens is 1. The second-order valence-corrected chi connectivity index (χ2v) is 5.37. The van der Waals surface area contributed by atoms with Gasteiger partial charge in [0.25, 0.3) is 5.56 Å². The molecular weight excluding hydrogens is 450 g/mol. The molecule has 0 fully saturated rings. The number of thiocarbonyl (C=S) groups is 1. The van der Waals surface area contributed by atoms with Gasteiger partial charge >= 0.3 is 0 Å². The predicted octanol–water partition coefficient (Wildman–Crippen LogP) is 7.79. The van der Waals surface area contributed by atoms with Crippen LogP contribution in [-0.2, 0) is 7.05 Å². The number of carbonyl (C=O) groups is 1. The van der Waals surface area contributed by atoms with Gasteiger partial charge in [0.1, 0.15) is 0 Å². The number of rotatable bonds is 1. The number of nitrogens with two attached hydrogens (primary N) is 1. The summed E-state index contributed by atoms with van der Waals surface area (Å²) in [6, 6.07) is 14.4. The van der Waals surface area contributed by atoms with Gasteiger partial charge in [-0.3, -0.25) is 14.2 Å². The van der Waals surface area contributed by atoms with Crippen molar-refractivity contribution in [3.05, 3.63) is 69.2 Å². The second kappa shape index (κ2) is 25.6. The topological polar surface area (TPSA) is 80.9 Å². The zero-order valence-electron chi connectivity index (χ0n) is 22.0. The summed E-state index contributed by atoms with van der Waals surface area (Å²) in [4.78, 5) is 25.4. The van der Waals surface area contributed by atoms with E-state index < -0.39 is 0 Å². The smallest absolute Gasteiger partial charge is 0.261 e. The number of benzene rings is 2.